The molecule has 1 aliphatic heterocycles. The van der Waals surface area contributed by atoms with Crippen LogP contribution in [0.4, 0.5) is 20.3 Å². The van der Waals surface area contributed by atoms with Gasteiger partial charge in [0.25, 0.3) is 12.3 Å². The molecule has 0 unspecified atom stereocenters. The highest BCUT2D eigenvalue weighted by molar-refractivity contribution is 6.06. The van der Waals surface area contributed by atoms with Crippen molar-refractivity contribution in [2.24, 2.45) is 7.05 Å². The summed E-state index contributed by atoms with van der Waals surface area (Å²) in [5, 5.41) is 4.89. The lowest BCUT2D eigenvalue weighted by Crippen LogP contribution is -2.31. The first-order valence-corrected chi connectivity index (χ1v) is 10.1. The molecule has 9 nitrogen and oxygen atoms in total. The number of hydrogen-bond donors (Lipinski definition) is 1. The number of nitrogens with zero attached hydrogens (tertiary/aromatic N) is 6. The Balaban J connectivity index is 1.53. The van der Waals surface area contributed by atoms with Gasteiger partial charge in [0.1, 0.15) is 11.5 Å². The molecule has 1 amide bonds. The van der Waals surface area contributed by atoms with Crippen molar-refractivity contribution < 1.29 is 18.3 Å². The summed E-state index contributed by atoms with van der Waals surface area (Å²) in [6, 6.07) is 4.45. The minimum absolute atomic E-state index is 0.0506. The molecular weight excluding hydrogens is 432 g/mol. The molecule has 5 heterocycles. The number of alkyl halides is 2. The lowest BCUT2D eigenvalue weighted by Gasteiger charge is -2.21. The molecule has 1 aliphatic rings. The van der Waals surface area contributed by atoms with Gasteiger partial charge in [-0.25, -0.2) is 18.7 Å². The number of nitrogen functional groups attached to an aromatic ring is 1. The number of hydrogen-bond acceptors (Lipinski definition) is 7. The fourth-order valence-electron chi connectivity index (χ4n) is 3.78. The van der Waals surface area contributed by atoms with Crippen LogP contribution in [0.15, 0.2) is 43.0 Å². The highest BCUT2D eigenvalue weighted by atomic mass is 19.3. The van der Waals surface area contributed by atoms with Crippen LogP contribution in [0.5, 0.6) is 0 Å². The van der Waals surface area contributed by atoms with E-state index in [1.807, 2.05) is 0 Å². The van der Waals surface area contributed by atoms with Gasteiger partial charge in [0.2, 0.25) is 0 Å². The first-order chi connectivity index (χ1) is 15.9. The number of rotatable bonds is 5. The second kappa shape index (κ2) is 8.17. The topological polar surface area (TPSA) is 112 Å². The highest BCUT2D eigenvalue weighted by Gasteiger charge is 2.24. The minimum atomic E-state index is -2.61. The Morgan fingerprint density at radius 1 is 1.21 bits per heavy atom. The number of pyridine rings is 3. The molecule has 5 rings (SSSR count). The molecule has 33 heavy (non-hydrogen) atoms. The SMILES string of the molecule is Cn1cc(N(Cc2ccc(C(F)F)cn2)C(=O)c2cc3c4c(c(N)nc3cn2)COC4)cn1. The summed E-state index contributed by atoms with van der Waals surface area (Å²) in [7, 11) is 1.73. The average molecular weight is 451 g/mol. The van der Waals surface area contributed by atoms with E-state index in [0.717, 1.165) is 22.7 Å². The standard InChI is InChI=1S/C22H19F2N7O2/c1-30-9-14(6-28-30)31(8-13-3-2-12(5-26-13)20(23)24)22(32)18-4-15-16-10-33-11-17(16)21(25)29-19(15)7-27-18/h2-7,9,20H,8,10-11H2,1H3,(H2,25,29). The fraction of sp³-hybridized carbons (Fsp3) is 0.227. The molecule has 0 saturated heterocycles. The van der Waals surface area contributed by atoms with Gasteiger partial charge in [-0.15, -0.1) is 0 Å². The molecule has 0 atom stereocenters. The minimum Gasteiger partial charge on any atom is -0.383 e. The van der Waals surface area contributed by atoms with Gasteiger partial charge in [0.05, 0.1) is 49.1 Å². The zero-order chi connectivity index (χ0) is 23.1. The molecular formula is C22H19F2N7O2. The van der Waals surface area contributed by atoms with E-state index in [2.05, 4.69) is 20.1 Å². The van der Waals surface area contributed by atoms with Crippen LogP contribution in [0.3, 0.4) is 0 Å². The van der Waals surface area contributed by atoms with Crippen LogP contribution in [-0.2, 0) is 31.5 Å². The number of carbonyl (C=O) groups excluding carboxylic acids is 1. The van der Waals surface area contributed by atoms with Crippen molar-refractivity contribution in [2.75, 3.05) is 10.6 Å². The van der Waals surface area contributed by atoms with Gasteiger partial charge >= 0.3 is 0 Å². The van der Waals surface area contributed by atoms with Gasteiger partial charge < -0.3 is 10.5 Å². The zero-order valence-corrected chi connectivity index (χ0v) is 17.6. The number of aryl methyl sites for hydroxylation is 1. The highest BCUT2D eigenvalue weighted by Crippen LogP contribution is 2.31. The van der Waals surface area contributed by atoms with Crippen molar-refractivity contribution in [2.45, 2.75) is 26.2 Å². The average Bonchev–Trinajstić information content (AvgIpc) is 3.47. The van der Waals surface area contributed by atoms with Crippen LogP contribution in [0.2, 0.25) is 0 Å². The van der Waals surface area contributed by atoms with Crippen molar-refractivity contribution >= 4 is 28.3 Å². The van der Waals surface area contributed by atoms with E-state index in [1.165, 1.54) is 23.2 Å². The summed E-state index contributed by atoms with van der Waals surface area (Å²) in [5.74, 6) is 0.000285. The maximum Gasteiger partial charge on any atom is 0.277 e. The van der Waals surface area contributed by atoms with E-state index in [-0.39, 0.29) is 17.8 Å². The number of ether oxygens (including phenoxy) is 1. The van der Waals surface area contributed by atoms with E-state index < -0.39 is 12.3 Å². The molecule has 11 heteroatoms. The molecule has 0 aromatic carbocycles. The number of fused-ring (bicyclic) bond motifs is 3. The first-order valence-electron chi connectivity index (χ1n) is 10.1. The second-order valence-corrected chi connectivity index (χ2v) is 7.68. The smallest absolute Gasteiger partial charge is 0.277 e. The van der Waals surface area contributed by atoms with Crippen LogP contribution < -0.4 is 10.6 Å². The van der Waals surface area contributed by atoms with Crippen LogP contribution in [0.1, 0.15) is 39.3 Å². The number of nitrogens with two attached hydrogens (primary N) is 1. The maximum atomic E-state index is 13.5. The van der Waals surface area contributed by atoms with E-state index in [1.54, 1.807) is 30.2 Å². The molecule has 0 radical (unpaired) electrons. The molecule has 2 N–H and O–H groups in total. The maximum absolute atomic E-state index is 13.5. The second-order valence-electron chi connectivity index (χ2n) is 7.68. The van der Waals surface area contributed by atoms with Crippen LogP contribution in [-0.4, -0.2) is 30.6 Å². The molecule has 168 valence electrons. The van der Waals surface area contributed by atoms with E-state index >= 15 is 0 Å². The van der Waals surface area contributed by atoms with E-state index in [9.17, 15) is 13.6 Å². The van der Waals surface area contributed by atoms with E-state index in [0.29, 0.717) is 35.9 Å². The number of aromatic nitrogens is 5. The van der Waals surface area contributed by atoms with Crippen molar-refractivity contribution in [1.29, 1.82) is 0 Å². The fourth-order valence-corrected chi connectivity index (χ4v) is 3.78. The zero-order valence-electron chi connectivity index (χ0n) is 17.6. The van der Waals surface area contributed by atoms with Crippen molar-refractivity contribution in [3.63, 3.8) is 0 Å². The number of halogens is 2. The quantitative estimate of drug-likeness (QED) is 0.496. The van der Waals surface area contributed by atoms with Crippen LogP contribution >= 0.6 is 0 Å². The first kappa shape index (κ1) is 20.9. The third kappa shape index (κ3) is 3.87. The third-order valence-electron chi connectivity index (χ3n) is 5.50. The van der Waals surface area contributed by atoms with Gasteiger partial charge in [0.15, 0.2) is 0 Å². The Morgan fingerprint density at radius 2 is 2.03 bits per heavy atom. The summed E-state index contributed by atoms with van der Waals surface area (Å²) < 4.78 is 32.8. The number of anilines is 2. The Kier molecular flexibility index (Phi) is 5.17. The Bertz CT molecular complexity index is 1360. The van der Waals surface area contributed by atoms with Gasteiger partial charge in [-0.2, -0.15) is 5.10 Å². The molecule has 0 spiro atoms. The van der Waals surface area contributed by atoms with Gasteiger partial charge in [-0.1, -0.05) is 0 Å². The normalized spacial score (nSPS) is 13.0. The Labute approximate surface area is 186 Å². The van der Waals surface area contributed by atoms with E-state index in [4.69, 9.17) is 10.5 Å². The lowest BCUT2D eigenvalue weighted by molar-refractivity contribution is 0.0980. The van der Waals surface area contributed by atoms with Crippen molar-refractivity contribution in [3.05, 3.63) is 71.1 Å². The van der Waals surface area contributed by atoms with Crippen molar-refractivity contribution in [3.8, 4) is 0 Å². The lowest BCUT2D eigenvalue weighted by atomic mass is 10.1. The molecule has 0 saturated carbocycles. The van der Waals surface area contributed by atoms with Crippen molar-refractivity contribution in [1.82, 2.24) is 24.7 Å². The predicted octanol–water partition coefficient (Wildman–Crippen LogP) is 3.16. The number of amides is 1. The predicted molar refractivity (Wildman–Crippen MR) is 115 cm³/mol. The van der Waals surface area contributed by atoms with Gasteiger partial charge in [-0.05, 0) is 23.8 Å². The summed E-state index contributed by atoms with van der Waals surface area (Å²) in [6.45, 7) is 0.801. The van der Waals surface area contributed by atoms with Crippen LogP contribution in [0, 0.1) is 0 Å². The molecule has 4 aromatic rings. The largest absolute Gasteiger partial charge is 0.383 e. The number of carbonyl (C=O) groups is 1. The van der Waals surface area contributed by atoms with Gasteiger partial charge in [0, 0.05) is 36.0 Å². The molecule has 0 fully saturated rings. The van der Waals surface area contributed by atoms with Crippen LogP contribution in [0.25, 0.3) is 10.9 Å². The summed E-state index contributed by atoms with van der Waals surface area (Å²) in [5.41, 5.74) is 9.28. The Morgan fingerprint density at radius 3 is 2.73 bits per heavy atom. The summed E-state index contributed by atoms with van der Waals surface area (Å²) >= 11 is 0. The monoisotopic (exact) mass is 451 g/mol. The summed E-state index contributed by atoms with van der Waals surface area (Å²) in [4.78, 5) is 27.8. The molecule has 0 aliphatic carbocycles. The van der Waals surface area contributed by atoms with Gasteiger partial charge in [-0.3, -0.25) is 19.4 Å². The Hall–Kier alpha value is -3.99. The third-order valence-corrected chi connectivity index (χ3v) is 5.50. The molecule has 4 aromatic heterocycles. The summed E-state index contributed by atoms with van der Waals surface area (Å²) in [6.07, 6.45) is 3.23. The molecule has 0 bridgehead atoms.